The number of hydrogen-bond donors (Lipinski definition) is 0. The third kappa shape index (κ3) is 9.93. The van der Waals surface area contributed by atoms with E-state index in [1.807, 2.05) is 81.6 Å². The van der Waals surface area contributed by atoms with Gasteiger partial charge in [-0.3, -0.25) is 0 Å². The molecule has 0 fully saturated rings. The molecule has 0 radical (unpaired) electrons. The van der Waals surface area contributed by atoms with E-state index >= 15 is 0 Å². The third-order valence-corrected chi connectivity index (χ3v) is 7.48. The quantitative estimate of drug-likeness (QED) is 0.0589. The summed E-state index contributed by atoms with van der Waals surface area (Å²) in [6.45, 7) is 0. The normalized spacial score (nSPS) is 9.71. The number of anilines is 2. The zero-order valence-corrected chi connectivity index (χ0v) is 31.1. The van der Waals surface area contributed by atoms with Gasteiger partial charge in [-0.1, -0.05) is 28.4 Å². The molecular formula is C38H44N8O6. The molecular weight excluding hydrogens is 664 g/mol. The first-order valence-electron chi connectivity index (χ1n) is 15.7. The van der Waals surface area contributed by atoms with Gasteiger partial charge in [-0.05, 0) is 54.1 Å². The molecule has 0 saturated heterocycles. The molecule has 14 nitrogen and oxygen atoms in total. The zero-order valence-electron chi connectivity index (χ0n) is 31.1. The average molecular weight is 709 g/mol. The van der Waals surface area contributed by atoms with E-state index in [4.69, 9.17) is 40.4 Å². The predicted molar refractivity (Wildman–Crippen MR) is 204 cm³/mol. The maximum absolute atomic E-state index is 8.32. The number of nitrogens with zero attached hydrogens (tertiary/aromatic N) is 8. The van der Waals surface area contributed by atoms with Gasteiger partial charge < -0.3 is 38.2 Å². The van der Waals surface area contributed by atoms with Crippen molar-refractivity contribution in [3.05, 3.63) is 95.0 Å². The molecule has 5 rings (SSSR count). The number of rotatable bonds is 11. The number of ether oxygens (including phenoxy) is 6. The van der Waals surface area contributed by atoms with Crippen molar-refractivity contribution in [2.45, 2.75) is 0 Å². The maximum atomic E-state index is 8.32. The molecule has 5 aromatic rings. The Kier molecular flexibility index (Phi) is 14.9. The molecule has 0 spiro atoms. The first kappa shape index (κ1) is 39.7. The highest BCUT2D eigenvalue weighted by Gasteiger charge is 2.17. The van der Waals surface area contributed by atoms with Crippen molar-refractivity contribution in [1.29, 1.82) is 0 Å². The van der Waals surface area contributed by atoms with Crippen LogP contribution in [-0.4, -0.2) is 85.8 Å². The Morgan fingerprint density at radius 1 is 0.673 bits per heavy atom. The molecule has 4 aromatic carbocycles. The standard InChI is InChI=1S/C19H22N4O3.C10H11N.C9H11N3O3/c1-22(2)14-8-6-13(7-9-14)16-12-20-21-23(16)15-10-17(24-3)19(26-5)18(11-15)25-4;1-4-9-5-7-10(8-6-9)11(2)3;1-13-7-4-6(11-12-10)5-8(14-2)9(7)15-3/h6-12H,1-5H3;1,5-8H,2-3H3;4-5H,1-3H3. The van der Waals surface area contributed by atoms with Gasteiger partial charge in [-0.2, -0.15) is 0 Å². The highest BCUT2D eigenvalue weighted by Crippen LogP contribution is 2.41. The highest BCUT2D eigenvalue weighted by atomic mass is 16.5. The average Bonchev–Trinajstić information content (AvgIpc) is 3.67. The van der Waals surface area contributed by atoms with Crippen molar-refractivity contribution in [2.24, 2.45) is 5.11 Å². The van der Waals surface area contributed by atoms with Crippen LogP contribution in [-0.2, 0) is 0 Å². The summed E-state index contributed by atoms with van der Waals surface area (Å²) in [5, 5.41) is 11.8. The van der Waals surface area contributed by atoms with Crippen LogP contribution in [0.4, 0.5) is 17.1 Å². The smallest absolute Gasteiger partial charge is 0.203 e. The minimum atomic E-state index is 0.409. The topological polar surface area (TPSA) is 141 Å². The summed E-state index contributed by atoms with van der Waals surface area (Å²) >= 11 is 0. The summed E-state index contributed by atoms with van der Waals surface area (Å²) in [5.74, 6) is 5.62. The number of terminal acetylenes is 1. The van der Waals surface area contributed by atoms with Gasteiger partial charge in [0.25, 0.3) is 0 Å². The molecule has 272 valence electrons. The lowest BCUT2D eigenvalue weighted by atomic mass is 10.1. The number of hydrogen-bond acceptors (Lipinski definition) is 11. The molecule has 1 aromatic heterocycles. The second-order valence-electron chi connectivity index (χ2n) is 11.0. The second-order valence-corrected chi connectivity index (χ2v) is 11.0. The largest absolute Gasteiger partial charge is 0.493 e. The molecule has 0 aliphatic carbocycles. The van der Waals surface area contributed by atoms with Crippen LogP contribution in [0, 0.1) is 12.3 Å². The molecule has 0 bridgehead atoms. The Labute approximate surface area is 304 Å². The lowest BCUT2D eigenvalue weighted by molar-refractivity contribution is 0.324. The number of methoxy groups -OCH3 is 6. The van der Waals surface area contributed by atoms with E-state index in [1.165, 1.54) is 27.0 Å². The molecule has 1 heterocycles. The van der Waals surface area contributed by atoms with Gasteiger partial charge >= 0.3 is 0 Å². The van der Waals surface area contributed by atoms with Gasteiger partial charge in [-0.15, -0.1) is 11.5 Å². The fraction of sp³-hybridized carbons (Fsp3) is 0.263. The number of azide groups is 1. The van der Waals surface area contributed by atoms with E-state index < -0.39 is 0 Å². The van der Waals surface area contributed by atoms with E-state index in [2.05, 4.69) is 43.3 Å². The number of benzene rings is 4. The molecule has 0 saturated carbocycles. The minimum absolute atomic E-state index is 0.409. The summed E-state index contributed by atoms with van der Waals surface area (Å²) in [7, 11) is 17.3. The lowest BCUT2D eigenvalue weighted by Gasteiger charge is -2.15. The molecule has 0 aliphatic rings. The first-order chi connectivity index (χ1) is 25.1. The Balaban J connectivity index is 0.000000236. The van der Waals surface area contributed by atoms with Crippen LogP contribution >= 0.6 is 0 Å². The summed E-state index contributed by atoms with van der Waals surface area (Å²) in [6, 6.07) is 22.9. The highest BCUT2D eigenvalue weighted by molar-refractivity contribution is 5.66. The summed E-state index contributed by atoms with van der Waals surface area (Å²) in [5.41, 5.74) is 14.6. The fourth-order valence-corrected chi connectivity index (χ4v) is 4.77. The van der Waals surface area contributed by atoms with Crippen LogP contribution in [0.1, 0.15) is 5.56 Å². The summed E-state index contributed by atoms with van der Waals surface area (Å²) in [4.78, 5) is 6.78. The van der Waals surface area contributed by atoms with Crippen LogP contribution in [0.2, 0.25) is 0 Å². The van der Waals surface area contributed by atoms with E-state index in [0.29, 0.717) is 40.2 Å². The van der Waals surface area contributed by atoms with Gasteiger partial charge in [0.2, 0.25) is 11.5 Å². The zero-order chi connectivity index (χ0) is 38.2. The van der Waals surface area contributed by atoms with Crippen molar-refractivity contribution < 1.29 is 28.4 Å². The van der Waals surface area contributed by atoms with Crippen molar-refractivity contribution in [1.82, 2.24) is 15.0 Å². The number of aromatic nitrogens is 3. The Hall–Kier alpha value is -6.71. The Bertz CT molecular complexity index is 1930. The Morgan fingerprint density at radius 2 is 1.12 bits per heavy atom. The van der Waals surface area contributed by atoms with Crippen LogP contribution in [0.15, 0.2) is 84.1 Å². The molecule has 0 aliphatic heterocycles. The lowest BCUT2D eigenvalue weighted by Crippen LogP contribution is -2.08. The van der Waals surface area contributed by atoms with Crippen molar-refractivity contribution in [3.8, 4) is 63.8 Å². The van der Waals surface area contributed by atoms with Crippen LogP contribution in [0.5, 0.6) is 34.5 Å². The van der Waals surface area contributed by atoms with Crippen molar-refractivity contribution in [3.63, 3.8) is 0 Å². The maximum Gasteiger partial charge on any atom is 0.203 e. The van der Waals surface area contributed by atoms with E-state index in [1.54, 1.807) is 44.3 Å². The van der Waals surface area contributed by atoms with E-state index in [-0.39, 0.29) is 0 Å². The Morgan fingerprint density at radius 3 is 1.50 bits per heavy atom. The predicted octanol–water partition coefficient (Wildman–Crippen LogP) is 7.41. The molecule has 14 heteroatoms. The molecule has 0 N–H and O–H groups in total. The SMILES string of the molecule is C#Cc1ccc(N(C)C)cc1.COc1cc(-n2nncc2-c2ccc(N(C)C)cc2)cc(OC)c1OC.COc1cc(N=[N+]=[N-])cc(OC)c1OC. The molecule has 52 heavy (non-hydrogen) atoms. The van der Waals surface area contributed by atoms with Gasteiger partial charge in [0.05, 0.1) is 60.2 Å². The molecule has 0 atom stereocenters. The van der Waals surface area contributed by atoms with E-state index in [0.717, 1.165) is 28.2 Å². The second kappa shape index (κ2) is 19.5. The van der Waals surface area contributed by atoms with Crippen molar-refractivity contribution >= 4 is 17.1 Å². The molecule has 0 amide bonds. The summed E-state index contributed by atoms with van der Waals surface area (Å²) in [6.07, 6.45) is 6.94. The van der Waals surface area contributed by atoms with Gasteiger partial charge in [0.15, 0.2) is 23.0 Å². The fourth-order valence-electron chi connectivity index (χ4n) is 4.77. The summed E-state index contributed by atoms with van der Waals surface area (Å²) < 4.78 is 33.3. The van der Waals surface area contributed by atoms with Crippen molar-refractivity contribution in [2.75, 3.05) is 80.6 Å². The molecule has 0 unspecified atom stereocenters. The van der Waals surface area contributed by atoms with Gasteiger partial charge in [-0.25, -0.2) is 4.68 Å². The van der Waals surface area contributed by atoms with E-state index in [9.17, 15) is 0 Å². The van der Waals surface area contributed by atoms with Crippen LogP contribution in [0.25, 0.3) is 27.4 Å². The minimum Gasteiger partial charge on any atom is -0.493 e. The van der Waals surface area contributed by atoms with Crippen LogP contribution < -0.4 is 38.2 Å². The first-order valence-corrected chi connectivity index (χ1v) is 15.7. The van der Waals surface area contributed by atoms with Gasteiger partial charge in [0, 0.05) is 73.4 Å². The monoisotopic (exact) mass is 708 g/mol. The third-order valence-electron chi connectivity index (χ3n) is 7.48. The van der Waals surface area contributed by atoms with Crippen LogP contribution in [0.3, 0.4) is 0 Å². The van der Waals surface area contributed by atoms with Gasteiger partial charge in [0.1, 0.15) is 0 Å².